The molecule has 1 rings (SSSR count). The quantitative estimate of drug-likeness (QED) is 0.409. The van der Waals surface area contributed by atoms with Crippen molar-refractivity contribution in [1.82, 2.24) is 5.43 Å². The standard InChI is InChI=1S/C13H20F2N2O2/c1-18-12-5-3-2-4-10(12)8-11(17-16)6-7-19-9-13(14)15/h2-5,11,13,17H,6-9,16H2,1H3. The van der Waals surface area contributed by atoms with Crippen LogP contribution < -0.4 is 16.0 Å². The summed E-state index contributed by atoms with van der Waals surface area (Å²) in [5.74, 6) is 6.25. The van der Waals surface area contributed by atoms with Crippen LogP contribution in [0.4, 0.5) is 8.78 Å². The first-order valence-corrected chi connectivity index (χ1v) is 6.11. The van der Waals surface area contributed by atoms with Gasteiger partial charge in [0.25, 0.3) is 6.43 Å². The van der Waals surface area contributed by atoms with Crippen molar-refractivity contribution in [1.29, 1.82) is 0 Å². The van der Waals surface area contributed by atoms with Gasteiger partial charge < -0.3 is 9.47 Å². The molecular formula is C13H20F2N2O2. The van der Waals surface area contributed by atoms with Crippen molar-refractivity contribution < 1.29 is 18.3 Å². The number of hydrazine groups is 1. The molecule has 0 amide bonds. The van der Waals surface area contributed by atoms with E-state index in [0.717, 1.165) is 11.3 Å². The Kier molecular flexibility index (Phi) is 7.32. The van der Waals surface area contributed by atoms with Gasteiger partial charge in [-0.2, -0.15) is 0 Å². The highest BCUT2D eigenvalue weighted by molar-refractivity contribution is 5.33. The van der Waals surface area contributed by atoms with E-state index in [4.69, 9.17) is 15.3 Å². The van der Waals surface area contributed by atoms with Gasteiger partial charge in [-0.25, -0.2) is 8.78 Å². The van der Waals surface area contributed by atoms with Crippen molar-refractivity contribution in [2.45, 2.75) is 25.3 Å². The summed E-state index contributed by atoms with van der Waals surface area (Å²) < 4.78 is 33.9. The summed E-state index contributed by atoms with van der Waals surface area (Å²) >= 11 is 0. The number of ether oxygens (including phenoxy) is 2. The molecule has 0 bridgehead atoms. The molecule has 0 aromatic heterocycles. The largest absolute Gasteiger partial charge is 0.496 e. The molecule has 6 heteroatoms. The molecule has 0 aliphatic rings. The minimum Gasteiger partial charge on any atom is -0.496 e. The molecule has 0 radical (unpaired) electrons. The van der Waals surface area contributed by atoms with Crippen LogP contribution in [0.15, 0.2) is 24.3 Å². The van der Waals surface area contributed by atoms with E-state index in [0.29, 0.717) is 12.8 Å². The molecule has 108 valence electrons. The molecule has 4 nitrogen and oxygen atoms in total. The molecule has 1 aromatic rings. The van der Waals surface area contributed by atoms with Gasteiger partial charge in [0, 0.05) is 12.6 Å². The summed E-state index contributed by atoms with van der Waals surface area (Å²) in [7, 11) is 1.61. The lowest BCUT2D eigenvalue weighted by molar-refractivity contribution is 0.0144. The second-order valence-electron chi connectivity index (χ2n) is 4.13. The number of para-hydroxylation sites is 1. The molecule has 0 aliphatic carbocycles. The van der Waals surface area contributed by atoms with Crippen LogP contribution in [0, 0.1) is 0 Å². The zero-order valence-electron chi connectivity index (χ0n) is 10.9. The van der Waals surface area contributed by atoms with Crippen molar-refractivity contribution in [2.24, 2.45) is 5.84 Å². The molecule has 0 heterocycles. The maximum Gasteiger partial charge on any atom is 0.261 e. The van der Waals surface area contributed by atoms with Crippen LogP contribution >= 0.6 is 0 Å². The predicted octanol–water partition coefficient (Wildman–Crippen LogP) is 1.74. The van der Waals surface area contributed by atoms with E-state index in [1.807, 2.05) is 24.3 Å². The number of halogens is 2. The maximum absolute atomic E-state index is 11.9. The van der Waals surface area contributed by atoms with Gasteiger partial charge in [0.05, 0.1) is 7.11 Å². The van der Waals surface area contributed by atoms with Gasteiger partial charge in [-0.1, -0.05) is 18.2 Å². The van der Waals surface area contributed by atoms with E-state index >= 15 is 0 Å². The number of methoxy groups -OCH3 is 1. The van der Waals surface area contributed by atoms with E-state index in [2.05, 4.69) is 5.43 Å². The maximum atomic E-state index is 11.9. The fourth-order valence-corrected chi connectivity index (χ4v) is 1.78. The van der Waals surface area contributed by atoms with Crippen LogP contribution in [0.25, 0.3) is 0 Å². The fourth-order valence-electron chi connectivity index (χ4n) is 1.78. The van der Waals surface area contributed by atoms with E-state index in [1.54, 1.807) is 7.11 Å². The molecule has 19 heavy (non-hydrogen) atoms. The fraction of sp³-hybridized carbons (Fsp3) is 0.538. The number of rotatable bonds is 9. The number of nitrogens with two attached hydrogens (primary N) is 1. The second kappa shape index (κ2) is 8.79. The Labute approximate surface area is 111 Å². The van der Waals surface area contributed by atoms with Crippen LogP contribution in [-0.2, 0) is 11.2 Å². The highest BCUT2D eigenvalue weighted by atomic mass is 19.3. The SMILES string of the molecule is COc1ccccc1CC(CCOCC(F)F)NN. The van der Waals surface area contributed by atoms with E-state index in [9.17, 15) is 8.78 Å². The Bertz CT molecular complexity index is 364. The molecule has 3 N–H and O–H groups in total. The van der Waals surface area contributed by atoms with Crippen molar-refractivity contribution in [3.05, 3.63) is 29.8 Å². The van der Waals surface area contributed by atoms with Crippen molar-refractivity contribution in [3.8, 4) is 5.75 Å². The summed E-state index contributed by atoms with van der Waals surface area (Å²) in [5.41, 5.74) is 3.68. The number of alkyl halides is 2. The van der Waals surface area contributed by atoms with Crippen LogP contribution in [0.5, 0.6) is 5.75 Å². The zero-order chi connectivity index (χ0) is 14.1. The van der Waals surface area contributed by atoms with Gasteiger partial charge in [0.15, 0.2) is 0 Å². The van der Waals surface area contributed by atoms with Crippen LogP contribution in [-0.4, -0.2) is 32.8 Å². The lowest BCUT2D eigenvalue weighted by Crippen LogP contribution is -2.37. The Morgan fingerprint density at radius 2 is 2.05 bits per heavy atom. The first-order valence-electron chi connectivity index (χ1n) is 6.11. The number of hydrogen-bond acceptors (Lipinski definition) is 4. The Morgan fingerprint density at radius 3 is 2.68 bits per heavy atom. The molecule has 0 spiro atoms. The summed E-state index contributed by atoms with van der Waals surface area (Å²) in [5, 5.41) is 0. The predicted molar refractivity (Wildman–Crippen MR) is 69.2 cm³/mol. The summed E-state index contributed by atoms with van der Waals surface area (Å²) in [6.45, 7) is -0.291. The van der Waals surface area contributed by atoms with Gasteiger partial charge in [0.1, 0.15) is 12.4 Å². The van der Waals surface area contributed by atoms with Crippen molar-refractivity contribution >= 4 is 0 Å². The first kappa shape index (κ1) is 15.8. The topological polar surface area (TPSA) is 56.5 Å². The minimum absolute atomic E-state index is 0.0472. The van der Waals surface area contributed by atoms with E-state index < -0.39 is 13.0 Å². The lowest BCUT2D eigenvalue weighted by Gasteiger charge is -2.17. The third-order valence-corrected chi connectivity index (χ3v) is 2.75. The average molecular weight is 274 g/mol. The number of benzene rings is 1. The molecule has 0 saturated carbocycles. The molecule has 0 saturated heterocycles. The smallest absolute Gasteiger partial charge is 0.261 e. The third kappa shape index (κ3) is 5.96. The minimum atomic E-state index is -2.43. The van der Waals surface area contributed by atoms with Crippen molar-refractivity contribution in [2.75, 3.05) is 20.3 Å². The Morgan fingerprint density at radius 1 is 1.32 bits per heavy atom. The molecule has 1 atom stereocenters. The van der Waals surface area contributed by atoms with Crippen LogP contribution in [0.3, 0.4) is 0 Å². The Hall–Kier alpha value is -1.24. The summed E-state index contributed by atoms with van der Waals surface area (Å²) in [4.78, 5) is 0. The highest BCUT2D eigenvalue weighted by Gasteiger charge is 2.11. The molecule has 1 aromatic carbocycles. The number of nitrogens with one attached hydrogen (secondary N) is 1. The Balaban J connectivity index is 2.43. The normalized spacial score (nSPS) is 12.7. The molecule has 0 aliphatic heterocycles. The number of hydrogen-bond donors (Lipinski definition) is 2. The molecular weight excluding hydrogens is 254 g/mol. The summed E-state index contributed by atoms with van der Waals surface area (Å²) in [6.07, 6.45) is -1.22. The summed E-state index contributed by atoms with van der Waals surface area (Å²) in [6, 6.07) is 7.57. The van der Waals surface area contributed by atoms with Crippen molar-refractivity contribution in [3.63, 3.8) is 0 Å². The van der Waals surface area contributed by atoms with E-state index in [1.165, 1.54) is 0 Å². The first-order chi connectivity index (χ1) is 9.17. The average Bonchev–Trinajstić information content (AvgIpc) is 2.42. The molecule has 1 unspecified atom stereocenters. The van der Waals surface area contributed by atoms with Crippen LogP contribution in [0.2, 0.25) is 0 Å². The monoisotopic (exact) mass is 274 g/mol. The van der Waals surface area contributed by atoms with Gasteiger partial charge in [-0.05, 0) is 24.5 Å². The third-order valence-electron chi connectivity index (χ3n) is 2.75. The zero-order valence-corrected chi connectivity index (χ0v) is 10.9. The van der Waals surface area contributed by atoms with Gasteiger partial charge in [-0.15, -0.1) is 0 Å². The lowest BCUT2D eigenvalue weighted by atomic mass is 10.0. The van der Waals surface area contributed by atoms with Gasteiger partial charge in [0.2, 0.25) is 0 Å². The van der Waals surface area contributed by atoms with E-state index in [-0.39, 0.29) is 12.6 Å². The second-order valence-corrected chi connectivity index (χ2v) is 4.13. The highest BCUT2D eigenvalue weighted by Crippen LogP contribution is 2.19. The van der Waals surface area contributed by atoms with Gasteiger partial charge in [-0.3, -0.25) is 11.3 Å². The molecule has 0 fully saturated rings. The van der Waals surface area contributed by atoms with Gasteiger partial charge >= 0.3 is 0 Å². The van der Waals surface area contributed by atoms with Crippen LogP contribution in [0.1, 0.15) is 12.0 Å².